The smallest absolute Gasteiger partial charge is 0.243 e. The van der Waals surface area contributed by atoms with Crippen LogP contribution in [0.25, 0.3) is 0 Å². The van der Waals surface area contributed by atoms with Crippen LogP contribution in [0.5, 0.6) is 5.75 Å². The van der Waals surface area contributed by atoms with Crippen molar-refractivity contribution in [3.8, 4) is 5.75 Å². The Hall–Kier alpha value is -3.84. The van der Waals surface area contributed by atoms with E-state index >= 15 is 0 Å². The Labute approximate surface area is 222 Å². The third kappa shape index (κ3) is 10.6. The van der Waals surface area contributed by atoms with Crippen molar-refractivity contribution < 1.29 is 32.9 Å². The maximum atomic E-state index is 13.1. The van der Waals surface area contributed by atoms with E-state index in [4.69, 9.17) is 11.5 Å². The third-order valence-corrected chi connectivity index (χ3v) is 6.32. The fraction of sp³-hybridized carbons (Fsp3) is 0.360. The van der Waals surface area contributed by atoms with Gasteiger partial charge < -0.3 is 32.5 Å². The summed E-state index contributed by atoms with van der Waals surface area (Å²) in [5.74, 6) is -3.13. The molecule has 4 amide bonds. The summed E-state index contributed by atoms with van der Waals surface area (Å²) in [6.07, 6.45) is 1.65. The van der Waals surface area contributed by atoms with Crippen molar-refractivity contribution in [3.63, 3.8) is 0 Å². The number of aromatic hydroxyl groups is 1. The molecule has 38 heavy (non-hydrogen) atoms. The first kappa shape index (κ1) is 30.4. The molecule has 0 aliphatic heterocycles. The molecule has 8 N–H and O–H groups in total. The van der Waals surface area contributed by atoms with Gasteiger partial charge in [0, 0.05) is 29.2 Å². The Morgan fingerprint density at radius 2 is 1.50 bits per heavy atom. The van der Waals surface area contributed by atoms with Gasteiger partial charge in [-0.15, -0.1) is 0 Å². The topological polar surface area (TPSA) is 194 Å². The van der Waals surface area contributed by atoms with Gasteiger partial charge in [0.25, 0.3) is 0 Å². The van der Waals surface area contributed by atoms with E-state index in [1.807, 2.05) is 0 Å². The highest BCUT2D eigenvalue weighted by molar-refractivity contribution is 7.84. The fourth-order valence-electron chi connectivity index (χ4n) is 3.42. The van der Waals surface area contributed by atoms with Gasteiger partial charge in [-0.1, -0.05) is 24.3 Å². The van der Waals surface area contributed by atoms with Gasteiger partial charge in [0.05, 0.1) is 12.6 Å². The van der Waals surface area contributed by atoms with Crippen molar-refractivity contribution in [2.45, 2.75) is 37.4 Å². The number of carbonyl (C=O) groups is 4. The van der Waals surface area contributed by atoms with Crippen LogP contribution in [0.2, 0.25) is 0 Å². The van der Waals surface area contributed by atoms with Crippen molar-refractivity contribution in [1.29, 1.82) is 0 Å². The zero-order valence-electron chi connectivity index (χ0n) is 20.8. The van der Waals surface area contributed by atoms with E-state index in [1.54, 1.807) is 12.1 Å². The predicted octanol–water partition coefficient (Wildman–Crippen LogP) is -1.02. The minimum absolute atomic E-state index is 0.0230. The molecule has 2 aromatic carbocycles. The Balaban J connectivity index is 1.95. The molecule has 206 valence electrons. The van der Waals surface area contributed by atoms with Crippen molar-refractivity contribution in [1.82, 2.24) is 16.0 Å². The van der Waals surface area contributed by atoms with Crippen LogP contribution in [-0.2, 0) is 42.8 Å². The Bertz CT molecular complexity index is 1150. The highest BCUT2D eigenvalue weighted by atomic mass is 32.2. The molecule has 2 aromatic rings. The molecule has 0 fully saturated rings. The number of hydrogen-bond donors (Lipinski definition) is 6. The lowest BCUT2D eigenvalue weighted by molar-refractivity contribution is -0.131. The van der Waals surface area contributed by atoms with Crippen LogP contribution in [0.4, 0.5) is 4.39 Å². The molecule has 11 nitrogen and oxygen atoms in total. The van der Waals surface area contributed by atoms with E-state index in [9.17, 15) is 32.9 Å². The molecule has 0 saturated carbocycles. The maximum Gasteiger partial charge on any atom is 0.243 e. The summed E-state index contributed by atoms with van der Waals surface area (Å²) in [7, 11) is -1.25. The summed E-state index contributed by atoms with van der Waals surface area (Å²) in [6.45, 7) is -0.521. The predicted molar refractivity (Wildman–Crippen MR) is 140 cm³/mol. The number of nitrogens with one attached hydrogen (secondary N) is 3. The lowest BCUT2D eigenvalue weighted by Gasteiger charge is -2.21. The first-order valence-electron chi connectivity index (χ1n) is 11.7. The maximum absolute atomic E-state index is 13.1. The van der Waals surface area contributed by atoms with Crippen LogP contribution in [0, 0.1) is 5.82 Å². The summed E-state index contributed by atoms with van der Waals surface area (Å²) in [5, 5.41) is 16.7. The van der Waals surface area contributed by atoms with E-state index in [1.165, 1.54) is 42.7 Å². The van der Waals surface area contributed by atoms with E-state index in [0.717, 1.165) is 0 Å². The monoisotopic (exact) mass is 549 g/mol. The summed E-state index contributed by atoms with van der Waals surface area (Å²) >= 11 is 0. The first-order valence-corrected chi connectivity index (χ1v) is 13.4. The molecule has 0 aliphatic rings. The fourth-order valence-corrected chi connectivity index (χ4v) is 3.99. The van der Waals surface area contributed by atoms with E-state index in [-0.39, 0.29) is 30.8 Å². The van der Waals surface area contributed by atoms with Gasteiger partial charge >= 0.3 is 0 Å². The number of phenols is 1. The van der Waals surface area contributed by atoms with Crippen LogP contribution < -0.4 is 27.4 Å². The molecule has 4 atom stereocenters. The Kier molecular flexibility index (Phi) is 11.8. The normalized spacial score (nSPS) is 14.0. The second-order valence-corrected chi connectivity index (χ2v) is 10.2. The quantitative estimate of drug-likeness (QED) is 0.174. The number of nitrogens with two attached hydrogens (primary N) is 2. The highest BCUT2D eigenvalue weighted by Gasteiger charge is 2.25. The number of rotatable bonds is 14. The number of halogens is 1. The number of amides is 4. The lowest BCUT2D eigenvalue weighted by Crippen LogP contribution is -2.54. The molecule has 0 unspecified atom stereocenters. The molecule has 0 spiro atoms. The standard InChI is InChI=1S/C25H32FN5O6S/c1-38(37)11-10-20(31-24(35)19(27)12-15-4-8-18(32)9-5-15)25(36)29-14-22(33)30-21(23(28)34)13-16-2-6-17(26)7-3-16/h2-9,19-21,32H,10-14,27H2,1H3,(H2,28,34)(H,29,36)(H,30,33)(H,31,35)/t19-,20+,21-,38-/m1/s1. The Morgan fingerprint density at radius 3 is 2.08 bits per heavy atom. The SMILES string of the molecule is C[S@@](=O)CC[C@H](NC(=O)[C@H](N)Cc1ccc(O)cc1)C(=O)NCC(=O)N[C@H](Cc1ccc(F)cc1)C(N)=O. The Morgan fingerprint density at radius 1 is 0.921 bits per heavy atom. The number of phenolic OH excluding ortho intramolecular Hbond substituents is 1. The van der Waals surface area contributed by atoms with Gasteiger partial charge in [-0.3, -0.25) is 23.4 Å². The zero-order valence-corrected chi connectivity index (χ0v) is 21.6. The van der Waals surface area contributed by atoms with Gasteiger partial charge in [-0.25, -0.2) is 4.39 Å². The molecule has 0 radical (unpaired) electrons. The average Bonchev–Trinajstić information content (AvgIpc) is 2.86. The summed E-state index contributed by atoms with van der Waals surface area (Å²) in [5.41, 5.74) is 12.6. The van der Waals surface area contributed by atoms with Crippen molar-refractivity contribution in [2.75, 3.05) is 18.6 Å². The third-order valence-electron chi connectivity index (χ3n) is 5.51. The second kappa shape index (κ2) is 14.8. The molecule has 0 bridgehead atoms. The summed E-state index contributed by atoms with van der Waals surface area (Å²) in [4.78, 5) is 49.6. The van der Waals surface area contributed by atoms with Crippen LogP contribution in [0.15, 0.2) is 48.5 Å². The average molecular weight is 550 g/mol. The van der Waals surface area contributed by atoms with Crippen LogP contribution >= 0.6 is 0 Å². The number of carbonyl (C=O) groups excluding carboxylic acids is 4. The van der Waals surface area contributed by atoms with Gasteiger partial charge in [-0.2, -0.15) is 0 Å². The molecule has 13 heteroatoms. The van der Waals surface area contributed by atoms with Crippen molar-refractivity contribution >= 4 is 34.4 Å². The van der Waals surface area contributed by atoms with Crippen LogP contribution in [-0.4, -0.2) is 69.6 Å². The molecule has 0 aromatic heterocycles. The van der Waals surface area contributed by atoms with Crippen molar-refractivity contribution in [2.24, 2.45) is 11.5 Å². The van der Waals surface area contributed by atoms with Crippen LogP contribution in [0.1, 0.15) is 17.5 Å². The minimum atomic E-state index is -1.25. The van der Waals surface area contributed by atoms with Gasteiger partial charge in [-0.05, 0) is 48.2 Å². The van der Waals surface area contributed by atoms with E-state index in [0.29, 0.717) is 11.1 Å². The minimum Gasteiger partial charge on any atom is -0.508 e. The van der Waals surface area contributed by atoms with Gasteiger partial charge in [0.1, 0.15) is 23.7 Å². The van der Waals surface area contributed by atoms with Gasteiger partial charge in [0.15, 0.2) is 0 Å². The molecule has 0 saturated heterocycles. The summed E-state index contributed by atoms with van der Waals surface area (Å²) < 4.78 is 24.7. The number of hydrogen-bond acceptors (Lipinski definition) is 7. The molecule has 0 aliphatic carbocycles. The second-order valence-electron chi connectivity index (χ2n) is 8.68. The van der Waals surface area contributed by atoms with E-state index < -0.39 is 64.9 Å². The lowest BCUT2D eigenvalue weighted by atomic mass is 10.0. The zero-order chi connectivity index (χ0) is 28.2. The highest BCUT2D eigenvalue weighted by Crippen LogP contribution is 2.11. The van der Waals surface area contributed by atoms with E-state index in [2.05, 4.69) is 16.0 Å². The number of benzene rings is 2. The first-order chi connectivity index (χ1) is 17.9. The largest absolute Gasteiger partial charge is 0.508 e. The van der Waals surface area contributed by atoms with Gasteiger partial charge in [0.2, 0.25) is 23.6 Å². The molecular formula is C25H32FN5O6S. The molecule has 2 rings (SSSR count). The molecular weight excluding hydrogens is 517 g/mol. The van der Waals surface area contributed by atoms with Crippen molar-refractivity contribution in [3.05, 3.63) is 65.5 Å². The van der Waals surface area contributed by atoms with Crippen LogP contribution in [0.3, 0.4) is 0 Å². The summed E-state index contributed by atoms with van der Waals surface area (Å²) in [6, 6.07) is 8.26. The molecule has 0 heterocycles. The number of primary amides is 1.